The molecule has 0 aromatic rings. The van der Waals surface area contributed by atoms with E-state index in [0.29, 0.717) is 6.42 Å². The van der Waals surface area contributed by atoms with E-state index in [4.69, 9.17) is 5.11 Å². The molecule has 0 aliphatic rings. The third-order valence-corrected chi connectivity index (χ3v) is 2.39. The summed E-state index contributed by atoms with van der Waals surface area (Å²) in [5.41, 5.74) is 0.147. The van der Waals surface area contributed by atoms with Gasteiger partial charge in [0.1, 0.15) is 11.9 Å². The maximum Gasteiger partial charge on any atom is 0.133 e. The van der Waals surface area contributed by atoms with Crippen molar-refractivity contribution in [1.82, 2.24) is 0 Å². The third-order valence-electron chi connectivity index (χ3n) is 2.39. The van der Waals surface area contributed by atoms with Crippen LogP contribution in [0.1, 0.15) is 20.3 Å². The van der Waals surface area contributed by atoms with E-state index in [2.05, 4.69) is 6.58 Å². The Morgan fingerprint density at radius 3 is 2.27 bits per heavy atom. The SMILES string of the molecule is C=C(CO)C(O)C(O)=CCC(C)C(C)O. The van der Waals surface area contributed by atoms with Crippen molar-refractivity contribution < 1.29 is 20.4 Å². The van der Waals surface area contributed by atoms with Gasteiger partial charge in [-0.05, 0) is 30.9 Å². The molecule has 0 amide bonds. The van der Waals surface area contributed by atoms with E-state index < -0.39 is 12.2 Å². The van der Waals surface area contributed by atoms with Gasteiger partial charge >= 0.3 is 0 Å². The lowest BCUT2D eigenvalue weighted by atomic mass is 10.0. The summed E-state index contributed by atoms with van der Waals surface area (Å²) in [6, 6.07) is 0. The zero-order chi connectivity index (χ0) is 12.0. The van der Waals surface area contributed by atoms with Crippen LogP contribution < -0.4 is 0 Å². The Morgan fingerprint density at radius 2 is 1.87 bits per heavy atom. The van der Waals surface area contributed by atoms with Crippen LogP contribution in [-0.2, 0) is 0 Å². The third kappa shape index (κ3) is 4.97. The highest BCUT2D eigenvalue weighted by molar-refractivity contribution is 5.15. The number of aliphatic hydroxyl groups excluding tert-OH is 4. The summed E-state index contributed by atoms with van der Waals surface area (Å²) < 4.78 is 0. The molecule has 0 fully saturated rings. The largest absolute Gasteiger partial charge is 0.510 e. The second kappa shape index (κ2) is 6.61. The molecule has 0 saturated heterocycles. The molecule has 15 heavy (non-hydrogen) atoms. The van der Waals surface area contributed by atoms with Gasteiger partial charge in [-0.1, -0.05) is 13.5 Å². The van der Waals surface area contributed by atoms with Gasteiger partial charge in [-0.25, -0.2) is 0 Å². The van der Waals surface area contributed by atoms with Crippen molar-refractivity contribution in [1.29, 1.82) is 0 Å². The van der Waals surface area contributed by atoms with E-state index in [0.717, 1.165) is 0 Å². The number of aliphatic hydroxyl groups is 4. The Bertz CT molecular complexity index is 233. The van der Waals surface area contributed by atoms with Crippen LogP contribution in [0.2, 0.25) is 0 Å². The average molecular weight is 216 g/mol. The Kier molecular flexibility index (Phi) is 6.24. The standard InChI is InChI=1S/C11H20O4/c1-7(9(3)13)4-5-10(14)11(15)8(2)6-12/h5,7,9,11-15H,2,4,6H2,1,3H3. The lowest BCUT2D eigenvalue weighted by molar-refractivity contribution is 0.133. The summed E-state index contributed by atoms with van der Waals surface area (Å²) in [5.74, 6) is -0.233. The van der Waals surface area contributed by atoms with Gasteiger partial charge in [-0.15, -0.1) is 0 Å². The fourth-order valence-corrected chi connectivity index (χ4v) is 0.911. The monoisotopic (exact) mass is 216 g/mol. The first kappa shape index (κ1) is 14.2. The first-order valence-corrected chi connectivity index (χ1v) is 4.93. The van der Waals surface area contributed by atoms with E-state index in [1.807, 2.05) is 6.92 Å². The number of hydrogen-bond donors (Lipinski definition) is 4. The second-order valence-electron chi connectivity index (χ2n) is 3.80. The Morgan fingerprint density at radius 1 is 1.33 bits per heavy atom. The Hall–Kier alpha value is -0.840. The van der Waals surface area contributed by atoms with Crippen molar-refractivity contribution in [3.63, 3.8) is 0 Å². The van der Waals surface area contributed by atoms with Crippen LogP contribution >= 0.6 is 0 Å². The van der Waals surface area contributed by atoms with Gasteiger partial charge in [0.25, 0.3) is 0 Å². The zero-order valence-corrected chi connectivity index (χ0v) is 9.22. The van der Waals surface area contributed by atoms with Crippen LogP contribution in [0.15, 0.2) is 24.0 Å². The molecule has 0 rings (SSSR count). The number of allylic oxidation sites excluding steroid dienone is 1. The topological polar surface area (TPSA) is 80.9 Å². The van der Waals surface area contributed by atoms with Crippen molar-refractivity contribution in [3.8, 4) is 0 Å². The van der Waals surface area contributed by atoms with Crippen molar-refractivity contribution in [2.75, 3.05) is 6.61 Å². The predicted molar refractivity (Wildman–Crippen MR) is 58.4 cm³/mol. The quantitative estimate of drug-likeness (QED) is 0.390. The van der Waals surface area contributed by atoms with Crippen LogP contribution in [0.25, 0.3) is 0 Å². The summed E-state index contributed by atoms with van der Waals surface area (Å²) in [6.07, 6.45) is 0.200. The maximum absolute atomic E-state index is 9.41. The summed E-state index contributed by atoms with van der Waals surface area (Å²) in [7, 11) is 0. The van der Waals surface area contributed by atoms with Gasteiger partial charge in [-0.3, -0.25) is 0 Å². The maximum atomic E-state index is 9.41. The Balaban J connectivity index is 4.25. The fraction of sp³-hybridized carbons (Fsp3) is 0.636. The molecule has 88 valence electrons. The van der Waals surface area contributed by atoms with E-state index in [1.165, 1.54) is 6.08 Å². The summed E-state index contributed by atoms with van der Waals surface area (Å²) in [4.78, 5) is 0. The lowest BCUT2D eigenvalue weighted by Gasteiger charge is -2.14. The van der Waals surface area contributed by atoms with Crippen molar-refractivity contribution in [3.05, 3.63) is 24.0 Å². The minimum atomic E-state index is -1.23. The van der Waals surface area contributed by atoms with Gasteiger partial charge < -0.3 is 20.4 Å². The molecule has 0 spiro atoms. The van der Waals surface area contributed by atoms with Crippen LogP contribution in [0.5, 0.6) is 0 Å². The molecule has 4 heteroatoms. The van der Waals surface area contributed by atoms with E-state index >= 15 is 0 Å². The molecule has 0 aromatic heterocycles. The average Bonchev–Trinajstić information content (AvgIpc) is 2.22. The number of hydrogen-bond acceptors (Lipinski definition) is 4. The molecule has 0 aromatic carbocycles. The minimum Gasteiger partial charge on any atom is -0.510 e. The van der Waals surface area contributed by atoms with Gasteiger partial charge in [0.15, 0.2) is 0 Å². The predicted octanol–water partition coefficient (Wildman–Crippen LogP) is 0.745. The summed E-state index contributed by atoms with van der Waals surface area (Å²) >= 11 is 0. The summed E-state index contributed by atoms with van der Waals surface area (Å²) in [5, 5.41) is 36.7. The molecular weight excluding hydrogens is 196 g/mol. The highest BCUT2D eigenvalue weighted by Crippen LogP contribution is 2.13. The molecule has 0 bridgehead atoms. The van der Waals surface area contributed by atoms with Crippen LogP contribution in [-0.4, -0.2) is 39.2 Å². The van der Waals surface area contributed by atoms with E-state index in [-0.39, 0.29) is 23.9 Å². The lowest BCUT2D eigenvalue weighted by Crippen LogP contribution is -2.17. The molecule has 0 heterocycles. The van der Waals surface area contributed by atoms with Crippen molar-refractivity contribution in [2.24, 2.45) is 5.92 Å². The molecule has 4 N–H and O–H groups in total. The van der Waals surface area contributed by atoms with Crippen LogP contribution in [0, 0.1) is 5.92 Å². The van der Waals surface area contributed by atoms with Crippen LogP contribution in [0.4, 0.5) is 0 Å². The van der Waals surface area contributed by atoms with Crippen molar-refractivity contribution in [2.45, 2.75) is 32.5 Å². The van der Waals surface area contributed by atoms with Gasteiger partial charge in [0, 0.05) is 0 Å². The van der Waals surface area contributed by atoms with E-state index in [9.17, 15) is 15.3 Å². The first-order valence-electron chi connectivity index (χ1n) is 4.93. The van der Waals surface area contributed by atoms with E-state index in [1.54, 1.807) is 6.92 Å². The minimum absolute atomic E-state index is 0.00161. The highest BCUT2D eigenvalue weighted by atomic mass is 16.3. The van der Waals surface area contributed by atoms with Gasteiger partial charge in [-0.2, -0.15) is 0 Å². The molecular formula is C11H20O4. The highest BCUT2D eigenvalue weighted by Gasteiger charge is 2.14. The smallest absolute Gasteiger partial charge is 0.133 e. The van der Waals surface area contributed by atoms with Crippen molar-refractivity contribution >= 4 is 0 Å². The van der Waals surface area contributed by atoms with Gasteiger partial charge in [0.05, 0.1) is 12.7 Å². The molecule has 0 radical (unpaired) electrons. The first-order chi connectivity index (χ1) is 6.90. The molecule has 0 saturated carbocycles. The molecule has 4 nitrogen and oxygen atoms in total. The second-order valence-corrected chi connectivity index (χ2v) is 3.80. The molecule has 3 unspecified atom stereocenters. The number of rotatable bonds is 6. The fourth-order valence-electron chi connectivity index (χ4n) is 0.911. The molecule has 0 aliphatic heterocycles. The molecule has 3 atom stereocenters. The normalized spacial score (nSPS) is 18.3. The van der Waals surface area contributed by atoms with Crippen LogP contribution in [0.3, 0.4) is 0 Å². The van der Waals surface area contributed by atoms with Gasteiger partial charge in [0.2, 0.25) is 0 Å². The zero-order valence-electron chi connectivity index (χ0n) is 9.22. The summed E-state index contributed by atoms with van der Waals surface area (Å²) in [6.45, 7) is 6.54. The molecule has 0 aliphatic carbocycles. The Labute approximate surface area is 90.2 Å².